The van der Waals surface area contributed by atoms with Gasteiger partial charge in [-0.1, -0.05) is 30.3 Å². The van der Waals surface area contributed by atoms with E-state index in [2.05, 4.69) is 5.32 Å². The first kappa shape index (κ1) is 17.0. The van der Waals surface area contributed by atoms with Crippen LogP contribution >= 0.6 is 0 Å². The zero-order valence-electron chi connectivity index (χ0n) is 13.2. The lowest BCUT2D eigenvalue weighted by molar-refractivity contribution is -0.117. The van der Waals surface area contributed by atoms with Crippen molar-refractivity contribution in [3.8, 4) is 5.75 Å². The molecule has 1 amide bonds. The molecule has 2 rings (SSSR count). The van der Waals surface area contributed by atoms with E-state index in [1.54, 1.807) is 31.4 Å². The van der Waals surface area contributed by atoms with Crippen LogP contribution in [0.25, 0.3) is 0 Å². The maximum Gasteiger partial charge on any atom is 0.241 e. The van der Waals surface area contributed by atoms with Gasteiger partial charge >= 0.3 is 0 Å². The standard InChI is InChI=1S/C18H22N2O3/c1-22-11-12-23-16-9-7-15(8-10-16)20-18(21)17(19)13-14-5-3-2-4-6-14/h2-10,17H,11-13,19H2,1H3,(H,20,21)/t17-/m0/s1. The summed E-state index contributed by atoms with van der Waals surface area (Å²) in [7, 11) is 1.63. The van der Waals surface area contributed by atoms with Crippen molar-refractivity contribution in [3.05, 3.63) is 60.2 Å². The van der Waals surface area contributed by atoms with Crippen LogP contribution in [0.1, 0.15) is 5.56 Å². The average Bonchev–Trinajstić information content (AvgIpc) is 2.57. The number of methoxy groups -OCH3 is 1. The Labute approximate surface area is 136 Å². The molecule has 0 aliphatic carbocycles. The van der Waals surface area contributed by atoms with Crippen LogP contribution in [0.5, 0.6) is 5.75 Å². The molecule has 0 aliphatic heterocycles. The number of rotatable bonds is 8. The number of anilines is 1. The molecular weight excluding hydrogens is 292 g/mol. The van der Waals surface area contributed by atoms with Crippen LogP contribution < -0.4 is 15.8 Å². The summed E-state index contributed by atoms with van der Waals surface area (Å²) in [5, 5.41) is 2.81. The van der Waals surface area contributed by atoms with Gasteiger partial charge < -0.3 is 20.5 Å². The fourth-order valence-electron chi connectivity index (χ4n) is 2.07. The summed E-state index contributed by atoms with van der Waals surface area (Å²) in [5.41, 5.74) is 7.69. The van der Waals surface area contributed by atoms with E-state index in [9.17, 15) is 4.79 Å². The highest BCUT2D eigenvalue weighted by molar-refractivity contribution is 5.94. The van der Waals surface area contributed by atoms with Crippen molar-refractivity contribution < 1.29 is 14.3 Å². The first-order valence-corrected chi connectivity index (χ1v) is 7.51. The Morgan fingerprint density at radius 1 is 1.09 bits per heavy atom. The van der Waals surface area contributed by atoms with E-state index in [0.717, 1.165) is 11.3 Å². The summed E-state index contributed by atoms with van der Waals surface area (Å²) >= 11 is 0. The molecule has 0 aromatic heterocycles. The zero-order chi connectivity index (χ0) is 16.5. The maximum atomic E-state index is 12.1. The van der Waals surface area contributed by atoms with Gasteiger partial charge in [0.15, 0.2) is 0 Å². The molecule has 0 saturated carbocycles. The Morgan fingerprint density at radius 2 is 1.78 bits per heavy atom. The van der Waals surface area contributed by atoms with Gasteiger partial charge in [0.25, 0.3) is 0 Å². The zero-order valence-corrected chi connectivity index (χ0v) is 13.2. The van der Waals surface area contributed by atoms with Gasteiger partial charge in [0.05, 0.1) is 12.6 Å². The van der Waals surface area contributed by atoms with E-state index < -0.39 is 6.04 Å². The molecule has 5 heteroatoms. The molecule has 2 aromatic carbocycles. The molecule has 0 bridgehead atoms. The highest BCUT2D eigenvalue weighted by Crippen LogP contribution is 2.16. The third kappa shape index (κ3) is 5.73. The molecule has 5 nitrogen and oxygen atoms in total. The van der Waals surface area contributed by atoms with Gasteiger partial charge in [-0.3, -0.25) is 4.79 Å². The Kier molecular flexibility index (Phi) is 6.59. The molecule has 122 valence electrons. The maximum absolute atomic E-state index is 12.1. The summed E-state index contributed by atoms with van der Waals surface area (Å²) in [5.74, 6) is 0.524. The molecular formula is C18H22N2O3. The molecule has 3 N–H and O–H groups in total. The summed E-state index contributed by atoms with van der Waals surface area (Å²) in [6.45, 7) is 1.02. The van der Waals surface area contributed by atoms with E-state index in [1.807, 2.05) is 30.3 Å². The van der Waals surface area contributed by atoms with Crippen LogP contribution in [0.3, 0.4) is 0 Å². The lowest BCUT2D eigenvalue weighted by Crippen LogP contribution is -2.37. The van der Waals surface area contributed by atoms with Crippen LogP contribution in [-0.2, 0) is 16.0 Å². The minimum Gasteiger partial charge on any atom is -0.491 e. The number of hydrogen-bond donors (Lipinski definition) is 2. The topological polar surface area (TPSA) is 73.6 Å². The number of nitrogens with one attached hydrogen (secondary N) is 1. The number of ether oxygens (including phenoxy) is 2. The molecule has 0 saturated heterocycles. The molecule has 0 fully saturated rings. The van der Waals surface area contributed by atoms with Crippen molar-refractivity contribution in [1.82, 2.24) is 0 Å². The minimum absolute atomic E-state index is 0.207. The number of hydrogen-bond acceptors (Lipinski definition) is 4. The molecule has 23 heavy (non-hydrogen) atoms. The van der Waals surface area contributed by atoms with E-state index in [0.29, 0.717) is 25.3 Å². The second kappa shape index (κ2) is 8.92. The number of carbonyl (C=O) groups is 1. The fraction of sp³-hybridized carbons (Fsp3) is 0.278. The van der Waals surface area contributed by atoms with Crippen LogP contribution in [0, 0.1) is 0 Å². The van der Waals surface area contributed by atoms with Crippen molar-refractivity contribution in [3.63, 3.8) is 0 Å². The number of nitrogens with two attached hydrogens (primary N) is 1. The van der Waals surface area contributed by atoms with Crippen LogP contribution in [0.15, 0.2) is 54.6 Å². The monoisotopic (exact) mass is 314 g/mol. The Bertz CT molecular complexity index is 599. The number of benzene rings is 2. The Morgan fingerprint density at radius 3 is 2.43 bits per heavy atom. The van der Waals surface area contributed by atoms with Crippen molar-refractivity contribution in [2.45, 2.75) is 12.5 Å². The molecule has 2 aromatic rings. The van der Waals surface area contributed by atoms with Crippen molar-refractivity contribution >= 4 is 11.6 Å². The second-order valence-electron chi connectivity index (χ2n) is 5.15. The molecule has 1 atom stereocenters. The highest BCUT2D eigenvalue weighted by atomic mass is 16.5. The van der Waals surface area contributed by atoms with Gasteiger partial charge in [0.1, 0.15) is 12.4 Å². The van der Waals surface area contributed by atoms with Crippen LogP contribution in [0.2, 0.25) is 0 Å². The molecule has 0 spiro atoms. The van der Waals surface area contributed by atoms with Gasteiger partial charge in [-0.2, -0.15) is 0 Å². The Balaban J connectivity index is 1.84. The van der Waals surface area contributed by atoms with Crippen LogP contribution in [-0.4, -0.2) is 32.3 Å². The largest absolute Gasteiger partial charge is 0.491 e. The van der Waals surface area contributed by atoms with E-state index in [4.69, 9.17) is 15.2 Å². The summed E-state index contributed by atoms with van der Waals surface area (Å²) < 4.78 is 10.4. The van der Waals surface area contributed by atoms with E-state index in [1.165, 1.54) is 0 Å². The smallest absolute Gasteiger partial charge is 0.241 e. The van der Waals surface area contributed by atoms with Crippen molar-refractivity contribution in [2.75, 3.05) is 25.6 Å². The highest BCUT2D eigenvalue weighted by Gasteiger charge is 2.14. The third-order valence-electron chi connectivity index (χ3n) is 3.31. The average molecular weight is 314 g/mol. The molecule has 0 heterocycles. The third-order valence-corrected chi connectivity index (χ3v) is 3.31. The molecule has 0 unspecified atom stereocenters. The van der Waals surface area contributed by atoms with E-state index >= 15 is 0 Å². The summed E-state index contributed by atoms with van der Waals surface area (Å²) in [6, 6.07) is 16.3. The Hall–Kier alpha value is -2.37. The lowest BCUT2D eigenvalue weighted by atomic mass is 10.1. The van der Waals surface area contributed by atoms with Gasteiger partial charge in [-0.15, -0.1) is 0 Å². The normalized spacial score (nSPS) is 11.7. The van der Waals surface area contributed by atoms with Gasteiger partial charge in [0.2, 0.25) is 5.91 Å². The second-order valence-corrected chi connectivity index (χ2v) is 5.15. The first-order chi connectivity index (χ1) is 11.2. The number of carbonyl (C=O) groups excluding carboxylic acids is 1. The number of amides is 1. The summed E-state index contributed by atoms with van der Waals surface area (Å²) in [4.78, 5) is 12.1. The molecule has 0 radical (unpaired) electrons. The molecule has 0 aliphatic rings. The van der Waals surface area contributed by atoms with E-state index in [-0.39, 0.29) is 5.91 Å². The van der Waals surface area contributed by atoms with Crippen molar-refractivity contribution in [1.29, 1.82) is 0 Å². The SMILES string of the molecule is COCCOc1ccc(NC(=O)[C@@H](N)Cc2ccccc2)cc1. The van der Waals surface area contributed by atoms with Crippen molar-refractivity contribution in [2.24, 2.45) is 5.73 Å². The predicted molar refractivity (Wildman–Crippen MR) is 90.6 cm³/mol. The quantitative estimate of drug-likeness (QED) is 0.733. The first-order valence-electron chi connectivity index (χ1n) is 7.51. The van der Waals surface area contributed by atoms with Gasteiger partial charge in [-0.05, 0) is 36.2 Å². The minimum atomic E-state index is -0.588. The summed E-state index contributed by atoms with van der Waals surface area (Å²) in [6.07, 6.45) is 0.505. The van der Waals surface area contributed by atoms with Gasteiger partial charge in [0, 0.05) is 12.8 Å². The van der Waals surface area contributed by atoms with Gasteiger partial charge in [-0.25, -0.2) is 0 Å². The van der Waals surface area contributed by atoms with Crippen LogP contribution in [0.4, 0.5) is 5.69 Å². The lowest BCUT2D eigenvalue weighted by Gasteiger charge is -2.13. The fourth-order valence-corrected chi connectivity index (χ4v) is 2.07. The predicted octanol–water partition coefficient (Wildman–Crippen LogP) is 2.22.